The van der Waals surface area contributed by atoms with E-state index in [1.165, 1.54) is 35.7 Å². The van der Waals surface area contributed by atoms with Gasteiger partial charge < -0.3 is 15.0 Å². The molecular weight excluding hydrogens is 486 g/mol. The van der Waals surface area contributed by atoms with E-state index in [9.17, 15) is 13.2 Å². The quantitative estimate of drug-likeness (QED) is 0.484. The molecule has 1 N–H and O–H groups in total. The molecule has 37 heavy (non-hydrogen) atoms. The van der Waals surface area contributed by atoms with Crippen LogP contribution in [0.3, 0.4) is 0 Å². The summed E-state index contributed by atoms with van der Waals surface area (Å²) in [5.41, 5.74) is 3.69. The normalized spacial score (nSPS) is 18.2. The molecule has 7 nitrogen and oxygen atoms in total. The highest BCUT2D eigenvalue weighted by atomic mass is 32.2. The SMILES string of the molecule is CCOc1ccc(S(=O)(=O)N2Cc3ccccc3C[C@@H]2C(=O)Nc2ccc(N3CCCCC3)cc2)cc1. The van der Waals surface area contributed by atoms with E-state index in [4.69, 9.17) is 4.74 Å². The third kappa shape index (κ3) is 5.50. The third-order valence-corrected chi connectivity index (χ3v) is 8.97. The number of carbonyl (C=O) groups excluding carboxylic acids is 1. The average molecular weight is 520 g/mol. The summed E-state index contributed by atoms with van der Waals surface area (Å²) >= 11 is 0. The second-order valence-electron chi connectivity index (χ2n) is 9.53. The van der Waals surface area contributed by atoms with E-state index in [0.29, 0.717) is 24.5 Å². The van der Waals surface area contributed by atoms with Crippen molar-refractivity contribution in [2.24, 2.45) is 0 Å². The summed E-state index contributed by atoms with van der Waals surface area (Å²) in [6.45, 7) is 4.60. The molecule has 194 valence electrons. The Morgan fingerprint density at radius 2 is 1.59 bits per heavy atom. The number of carbonyl (C=O) groups is 1. The number of rotatable bonds is 7. The highest BCUT2D eigenvalue weighted by Crippen LogP contribution is 2.31. The van der Waals surface area contributed by atoms with Crippen molar-refractivity contribution in [3.05, 3.63) is 83.9 Å². The van der Waals surface area contributed by atoms with E-state index < -0.39 is 16.1 Å². The number of amides is 1. The fraction of sp³-hybridized carbons (Fsp3) is 0.345. The van der Waals surface area contributed by atoms with Gasteiger partial charge in [0.2, 0.25) is 15.9 Å². The molecule has 0 bridgehead atoms. The van der Waals surface area contributed by atoms with Crippen LogP contribution in [0.1, 0.15) is 37.3 Å². The molecule has 1 fully saturated rings. The maximum Gasteiger partial charge on any atom is 0.244 e. The third-order valence-electron chi connectivity index (χ3n) is 7.11. The van der Waals surface area contributed by atoms with Crippen molar-refractivity contribution < 1.29 is 17.9 Å². The van der Waals surface area contributed by atoms with Gasteiger partial charge in [-0.3, -0.25) is 4.79 Å². The molecule has 0 saturated carbocycles. The highest BCUT2D eigenvalue weighted by molar-refractivity contribution is 7.89. The van der Waals surface area contributed by atoms with Crippen LogP contribution in [-0.4, -0.2) is 44.4 Å². The molecule has 0 aliphatic carbocycles. The number of nitrogens with zero attached hydrogens (tertiary/aromatic N) is 2. The number of nitrogens with one attached hydrogen (secondary N) is 1. The fourth-order valence-corrected chi connectivity index (χ4v) is 6.68. The van der Waals surface area contributed by atoms with Crippen molar-refractivity contribution in [3.63, 3.8) is 0 Å². The van der Waals surface area contributed by atoms with Crippen molar-refractivity contribution in [2.45, 2.75) is 50.1 Å². The molecular formula is C29H33N3O4S. The standard InChI is InChI=1S/C29H33N3O4S/c1-2-36-26-14-16-27(17-15-26)37(34,35)32-21-23-9-5-4-8-22(23)20-28(32)29(33)30-24-10-12-25(13-11-24)31-18-6-3-7-19-31/h4-5,8-17,28H,2-3,6-7,18-21H2,1H3,(H,30,33)/t28-/m1/s1. The van der Waals surface area contributed by atoms with Gasteiger partial charge in [-0.15, -0.1) is 0 Å². The van der Waals surface area contributed by atoms with Gasteiger partial charge in [0, 0.05) is 31.0 Å². The van der Waals surface area contributed by atoms with Gasteiger partial charge in [0.05, 0.1) is 11.5 Å². The Bertz CT molecular complexity index is 1330. The Hall–Kier alpha value is -3.36. The molecule has 1 saturated heterocycles. The van der Waals surface area contributed by atoms with Crippen LogP contribution in [0.2, 0.25) is 0 Å². The summed E-state index contributed by atoms with van der Waals surface area (Å²) in [7, 11) is -3.93. The van der Waals surface area contributed by atoms with Crippen molar-refractivity contribution in [1.29, 1.82) is 0 Å². The Kier molecular flexibility index (Phi) is 7.48. The van der Waals surface area contributed by atoms with Crippen LogP contribution in [0, 0.1) is 0 Å². The molecule has 0 aromatic heterocycles. The molecule has 2 aliphatic heterocycles. The summed E-state index contributed by atoms with van der Waals surface area (Å²) in [4.78, 5) is 16.0. The number of benzene rings is 3. The van der Waals surface area contributed by atoms with E-state index in [-0.39, 0.29) is 17.3 Å². The first-order valence-electron chi connectivity index (χ1n) is 12.9. The van der Waals surface area contributed by atoms with Crippen LogP contribution in [0.4, 0.5) is 11.4 Å². The van der Waals surface area contributed by atoms with Crippen LogP contribution in [0.25, 0.3) is 0 Å². The zero-order valence-electron chi connectivity index (χ0n) is 21.1. The molecule has 0 radical (unpaired) electrons. The largest absolute Gasteiger partial charge is 0.494 e. The maximum atomic E-state index is 13.8. The topological polar surface area (TPSA) is 79.0 Å². The number of hydrogen-bond acceptors (Lipinski definition) is 5. The molecule has 2 aliphatic rings. The van der Waals surface area contributed by atoms with Crippen LogP contribution in [0.15, 0.2) is 77.7 Å². The van der Waals surface area contributed by atoms with Gasteiger partial charge in [0.1, 0.15) is 11.8 Å². The van der Waals surface area contributed by atoms with Gasteiger partial charge in [-0.05, 0) is 92.3 Å². The minimum absolute atomic E-state index is 0.137. The lowest BCUT2D eigenvalue weighted by Crippen LogP contribution is -2.50. The van der Waals surface area contributed by atoms with Crippen molar-refractivity contribution in [2.75, 3.05) is 29.9 Å². The van der Waals surface area contributed by atoms with E-state index in [2.05, 4.69) is 10.2 Å². The van der Waals surface area contributed by atoms with Gasteiger partial charge in [-0.1, -0.05) is 24.3 Å². The van der Waals surface area contributed by atoms with Crippen molar-refractivity contribution in [1.82, 2.24) is 4.31 Å². The number of piperidine rings is 1. The summed E-state index contributed by atoms with van der Waals surface area (Å²) in [5.74, 6) is 0.266. The molecule has 1 atom stereocenters. The fourth-order valence-electron chi connectivity index (χ4n) is 5.12. The minimum Gasteiger partial charge on any atom is -0.494 e. The maximum absolute atomic E-state index is 13.8. The van der Waals surface area contributed by atoms with Crippen LogP contribution < -0.4 is 15.0 Å². The molecule has 8 heteroatoms. The monoisotopic (exact) mass is 519 g/mol. The first-order valence-corrected chi connectivity index (χ1v) is 14.4. The van der Waals surface area contributed by atoms with Gasteiger partial charge in [0.25, 0.3) is 0 Å². The van der Waals surface area contributed by atoms with Gasteiger partial charge in [-0.2, -0.15) is 4.31 Å². The Labute approximate surface area is 219 Å². The molecule has 5 rings (SSSR count). The van der Waals surface area contributed by atoms with Crippen molar-refractivity contribution in [3.8, 4) is 5.75 Å². The molecule has 0 unspecified atom stereocenters. The predicted molar refractivity (Wildman–Crippen MR) is 145 cm³/mol. The van der Waals surface area contributed by atoms with Crippen LogP contribution >= 0.6 is 0 Å². The molecule has 0 spiro atoms. The summed E-state index contributed by atoms with van der Waals surface area (Å²) in [6, 6.07) is 21.0. The van der Waals surface area contributed by atoms with Crippen LogP contribution in [0.5, 0.6) is 5.75 Å². The summed E-state index contributed by atoms with van der Waals surface area (Å²) in [6.07, 6.45) is 3.97. The number of fused-ring (bicyclic) bond motifs is 1. The molecule has 3 aromatic rings. The molecule has 2 heterocycles. The van der Waals surface area contributed by atoms with Crippen molar-refractivity contribution >= 4 is 27.3 Å². The first-order chi connectivity index (χ1) is 18.0. The lowest BCUT2D eigenvalue weighted by Gasteiger charge is -2.35. The number of anilines is 2. The van der Waals surface area contributed by atoms with E-state index in [0.717, 1.165) is 29.9 Å². The van der Waals surface area contributed by atoms with Gasteiger partial charge >= 0.3 is 0 Å². The first kappa shape index (κ1) is 25.3. The lowest BCUT2D eigenvalue weighted by atomic mass is 9.95. The Morgan fingerprint density at radius 1 is 0.919 bits per heavy atom. The van der Waals surface area contributed by atoms with Crippen LogP contribution in [-0.2, 0) is 27.8 Å². The van der Waals surface area contributed by atoms with E-state index in [1.807, 2.05) is 55.5 Å². The molecule has 1 amide bonds. The summed E-state index contributed by atoms with van der Waals surface area (Å²) in [5, 5.41) is 2.97. The zero-order valence-corrected chi connectivity index (χ0v) is 21.9. The Morgan fingerprint density at radius 3 is 2.27 bits per heavy atom. The van der Waals surface area contributed by atoms with Gasteiger partial charge in [-0.25, -0.2) is 8.42 Å². The lowest BCUT2D eigenvalue weighted by molar-refractivity contribution is -0.120. The van der Waals surface area contributed by atoms with E-state index >= 15 is 0 Å². The highest BCUT2D eigenvalue weighted by Gasteiger charge is 2.39. The smallest absolute Gasteiger partial charge is 0.244 e. The zero-order chi connectivity index (χ0) is 25.8. The second kappa shape index (κ2) is 10.9. The summed E-state index contributed by atoms with van der Waals surface area (Å²) < 4.78 is 34.3. The number of ether oxygens (including phenoxy) is 1. The Balaban J connectivity index is 1.39. The second-order valence-corrected chi connectivity index (χ2v) is 11.4. The average Bonchev–Trinajstić information content (AvgIpc) is 2.93. The minimum atomic E-state index is -3.93. The predicted octanol–water partition coefficient (Wildman–Crippen LogP) is 4.83. The number of sulfonamides is 1. The van der Waals surface area contributed by atoms with Gasteiger partial charge in [0.15, 0.2) is 0 Å². The van der Waals surface area contributed by atoms with E-state index in [1.54, 1.807) is 12.1 Å². The molecule has 3 aromatic carbocycles. The number of hydrogen-bond donors (Lipinski definition) is 1.